The monoisotopic (exact) mass is 294 g/mol. The molecule has 0 aliphatic heterocycles. The van der Waals surface area contributed by atoms with E-state index in [4.69, 9.17) is 4.74 Å². The highest BCUT2D eigenvalue weighted by molar-refractivity contribution is 5.94. The number of nitro benzene ring substituents is 1. The Morgan fingerprint density at radius 3 is 2.71 bits per heavy atom. The average Bonchev–Trinajstić information content (AvgIpc) is 2.41. The lowest BCUT2D eigenvalue weighted by Crippen LogP contribution is -2.25. The molecule has 0 spiro atoms. The summed E-state index contributed by atoms with van der Waals surface area (Å²) in [6.07, 6.45) is 0.740. The number of carbonyl (C=O) groups is 1. The Balaban J connectivity index is 2.39. The van der Waals surface area contributed by atoms with Gasteiger partial charge in [0.25, 0.3) is 11.6 Å². The summed E-state index contributed by atoms with van der Waals surface area (Å²) in [5.41, 5.74) is 0.933. The van der Waals surface area contributed by atoms with Crippen LogP contribution >= 0.6 is 0 Å². The molecule has 0 saturated heterocycles. The number of hydrogen-bond acceptors (Lipinski definition) is 4. The van der Waals surface area contributed by atoms with Crippen molar-refractivity contribution in [3.63, 3.8) is 0 Å². The lowest BCUT2D eigenvalue weighted by Gasteiger charge is -2.08. The molecule has 0 aliphatic carbocycles. The number of benzene rings is 1. The van der Waals surface area contributed by atoms with Crippen LogP contribution in [0.4, 0.5) is 5.69 Å². The van der Waals surface area contributed by atoms with Crippen molar-refractivity contribution in [3.8, 4) is 0 Å². The van der Waals surface area contributed by atoms with Crippen LogP contribution in [0.15, 0.2) is 18.2 Å². The summed E-state index contributed by atoms with van der Waals surface area (Å²) in [5, 5.41) is 13.5. The van der Waals surface area contributed by atoms with Crippen molar-refractivity contribution in [2.24, 2.45) is 5.92 Å². The molecule has 0 heterocycles. The predicted molar refractivity (Wildman–Crippen MR) is 80.4 cm³/mol. The van der Waals surface area contributed by atoms with Gasteiger partial charge in [-0.3, -0.25) is 14.9 Å². The number of rotatable bonds is 8. The third-order valence-corrected chi connectivity index (χ3v) is 2.86. The molecule has 0 aliphatic rings. The molecule has 21 heavy (non-hydrogen) atoms. The summed E-state index contributed by atoms with van der Waals surface area (Å²) in [4.78, 5) is 22.2. The van der Waals surface area contributed by atoms with E-state index in [0.717, 1.165) is 13.0 Å². The van der Waals surface area contributed by atoms with E-state index in [9.17, 15) is 14.9 Å². The van der Waals surface area contributed by atoms with E-state index >= 15 is 0 Å². The molecule has 116 valence electrons. The molecule has 6 nitrogen and oxygen atoms in total. The van der Waals surface area contributed by atoms with Crippen molar-refractivity contribution >= 4 is 11.6 Å². The average molecular weight is 294 g/mol. The van der Waals surface area contributed by atoms with Crippen LogP contribution in [0.3, 0.4) is 0 Å². The molecule has 1 rings (SSSR count). The molecule has 0 aromatic heterocycles. The standard InChI is InChI=1S/C15H22N2O4/c1-11(2)10-21-8-4-7-16-15(18)13-5-6-14(17(19)20)12(3)9-13/h5-6,9,11H,4,7-8,10H2,1-3H3,(H,16,18). The normalized spacial score (nSPS) is 10.7. The van der Waals surface area contributed by atoms with Gasteiger partial charge in [-0.2, -0.15) is 0 Å². The molecule has 0 fully saturated rings. The molecule has 0 radical (unpaired) electrons. The van der Waals surface area contributed by atoms with Gasteiger partial charge < -0.3 is 10.1 Å². The maximum atomic E-state index is 11.9. The van der Waals surface area contributed by atoms with Crippen LogP contribution in [0, 0.1) is 23.0 Å². The minimum Gasteiger partial charge on any atom is -0.381 e. The maximum Gasteiger partial charge on any atom is 0.272 e. The van der Waals surface area contributed by atoms with Crippen LogP contribution in [0.25, 0.3) is 0 Å². The molecule has 6 heteroatoms. The summed E-state index contributed by atoms with van der Waals surface area (Å²) in [6, 6.07) is 4.36. The Kier molecular flexibility index (Phi) is 6.81. The number of nitro groups is 1. The molecular formula is C15H22N2O4. The van der Waals surface area contributed by atoms with Crippen molar-refractivity contribution in [3.05, 3.63) is 39.4 Å². The third kappa shape index (κ3) is 5.91. The van der Waals surface area contributed by atoms with E-state index in [2.05, 4.69) is 19.2 Å². The first-order valence-corrected chi connectivity index (χ1v) is 7.02. The minimum absolute atomic E-state index is 0.0219. The van der Waals surface area contributed by atoms with Gasteiger partial charge in [0.15, 0.2) is 0 Å². The summed E-state index contributed by atoms with van der Waals surface area (Å²) in [5.74, 6) is 0.277. The fourth-order valence-corrected chi connectivity index (χ4v) is 1.80. The second-order valence-corrected chi connectivity index (χ2v) is 5.34. The van der Waals surface area contributed by atoms with Gasteiger partial charge in [-0.25, -0.2) is 0 Å². The highest BCUT2D eigenvalue weighted by atomic mass is 16.6. The number of carbonyl (C=O) groups excluding carboxylic acids is 1. The van der Waals surface area contributed by atoms with E-state index in [-0.39, 0.29) is 11.6 Å². The fraction of sp³-hybridized carbons (Fsp3) is 0.533. The van der Waals surface area contributed by atoms with Gasteiger partial charge in [-0.1, -0.05) is 13.8 Å². The van der Waals surface area contributed by atoms with E-state index in [1.807, 2.05) is 0 Å². The highest BCUT2D eigenvalue weighted by Crippen LogP contribution is 2.18. The van der Waals surface area contributed by atoms with Crippen LogP contribution in [0.5, 0.6) is 0 Å². The first-order chi connectivity index (χ1) is 9.91. The second kappa shape index (κ2) is 8.36. The summed E-state index contributed by atoms with van der Waals surface area (Å²) in [7, 11) is 0. The highest BCUT2D eigenvalue weighted by Gasteiger charge is 2.13. The van der Waals surface area contributed by atoms with Crippen molar-refractivity contribution in [2.75, 3.05) is 19.8 Å². The Morgan fingerprint density at radius 2 is 2.14 bits per heavy atom. The van der Waals surface area contributed by atoms with Gasteiger partial charge in [0.05, 0.1) is 4.92 Å². The topological polar surface area (TPSA) is 81.5 Å². The molecular weight excluding hydrogens is 272 g/mol. The lowest BCUT2D eigenvalue weighted by atomic mass is 10.1. The Hall–Kier alpha value is -1.95. The summed E-state index contributed by atoms with van der Waals surface area (Å²) >= 11 is 0. The first kappa shape index (κ1) is 17.1. The largest absolute Gasteiger partial charge is 0.381 e. The molecule has 1 amide bonds. The zero-order valence-electron chi connectivity index (χ0n) is 12.7. The predicted octanol–water partition coefficient (Wildman–Crippen LogP) is 2.70. The SMILES string of the molecule is Cc1cc(C(=O)NCCCOCC(C)C)ccc1[N+](=O)[O-]. The molecule has 0 unspecified atom stereocenters. The summed E-state index contributed by atoms with van der Waals surface area (Å²) in [6.45, 7) is 7.63. The Morgan fingerprint density at radius 1 is 1.43 bits per heavy atom. The summed E-state index contributed by atoms with van der Waals surface area (Å²) < 4.78 is 5.42. The van der Waals surface area contributed by atoms with Gasteiger partial charge >= 0.3 is 0 Å². The molecule has 0 bridgehead atoms. The van der Waals surface area contributed by atoms with Gasteiger partial charge in [0, 0.05) is 37.0 Å². The molecule has 0 atom stereocenters. The molecule has 0 saturated carbocycles. The van der Waals surface area contributed by atoms with Crippen LogP contribution in [-0.2, 0) is 4.74 Å². The number of hydrogen-bond donors (Lipinski definition) is 1. The van der Waals surface area contributed by atoms with Gasteiger partial charge in [-0.15, -0.1) is 0 Å². The van der Waals surface area contributed by atoms with E-state index < -0.39 is 4.92 Å². The second-order valence-electron chi connectivity index (χ2n) is 5.34. The van der Waals surface area contributed by atoms with E-state index in [1.54, 1.807) is 6.92 Å². The maximum absolute atomic E-state index is 11.9. The number of ether oxygens (including phenoxy) is 1. The minimum atomic E-state index is -0.455. The first-order valence-electron chi connectivity index (χ1n) is 7.02. The van der Waals surface area contributed by atoms with Crippen molar-refractivity contribution in [1.82, 2.24) is 5.32 Å². The van der Waals surface area contributed by atoms with Gasteiger partial charge in [-0.05, 0) is 31.4 Å². The molecule has 1 N–H and O–H groups in total. The van der Waals surface area contributed by atoms with Crippen LogP contribution < -0.4 is 5.32 Å². The Bertz CT molecular complexity index is 500. The van der Waals surface area contributed by atoms with Crippen LogP contribution in [0.2, 0.25) is 0 Å². The molecule has 1 aromatic rings. The number of nitrogens with one attached hydrogen (secondary N) is 1. The number of nitrogens with zero attached hydrogens (tertiary/aromatic N) is 1. The zero-order valence-corrected chi connectivity index (χ0v) is 12.7. The van der Waals surface area contributed by atoms with Gasteiger partial charge in [0.1, 0.15) is 0 Å². The Labute approximate surface area is 124 Å². The zero-order chi connectivity index (χ0) is 15.8. The van der Waals surface area contributed by atoms with Crippen molar-refractivity contribution < 1.29 is 14.5 Å². The van der Waals surface area contributed by atoms with Crippen molar-refractivity contribution in [2.45, 2.75) is 27.2 Å². The lowest BCUT2D eigenvalue weighted by molar-refractivity contribution is -0.385. The van der Waals surface area contributed by atoms with E-state index in [0.29, 0.717) is 30.2 Å². The van der Waals surface area contributed by atoms with Gasteiger partial charge in [0.2, 0.25) is 0 Å². The number of amides is 1. The van der Waals surface area contributed by atoms with E-state index in [1.165, 1.54) is 18.2 Å². The molecule has 1 aromatic carbocycles. The van der Waals surface area contributed by atoms with Crippen molar-refractivity contribution in [1.29, 1.82) is 0 Å². The quantitative estimate of drug-likeness (QED) is 0.454. The van der Waals surface area contributed by atoms with Crippen LogP contribution in [-0.4, -0.2) is 30.6 Å². The fourth-order valence-electron chi connectivity index (χ4n) is 1.80. The van der Waals surface area contributed by atoms with Crippen LogP contribution in [0.1, 0.15) is 36.2 Å². The third-order valence-electron chi connectivity index (χ3n) is 2.86. The smallest absolute Gasteiger partial charge is 0.272 e. The number of aryl methyl sites for hydroxylation is 1.